The van der Waals surface area contributed by atoms with Gasteiger partial charge in [0.05, 0.1) is 0 Å². The first-order valence-electron chi connectivity index (χ1n) is 4.43. The van der Waals surface area contributed by atoms with Crippen LogP contribution in [0.3, 0.4) is 0 Å². The van der Waals surface area contributed by atoms with Crippen molar-refractivity contribution in [2.75, 3.05) is 0 Å². The van der Waals surface area contributed by atoms with Gasteiger partial charge < -0.3 is 4.42 Å². The Bertz CT molecular complexity index is 523. The second kappa shape index (κ2) is 3.50. The molecule has 0 N–H and O–H groups in total. The molecule has 0 radical (unpaired) electrons. The standard InChI is InChI=1S/C12H10O2/c1-2-3-9-4-6-11-10(8-9)5-7-12(13)14-11/h2,4-8H,1,3H2. The molecule has 70 valence electrons. The highest BCUT2D eigenvalue weighted by atomic mass is 16.4. The molecule has 0 spiro atoms. The van der Waals surface area contributed by atoms with Gasteiger partial charge in [0.1, 0.15) is 5.58 Å². The Hall–Kier alpha value is -1.83. The molecule has 0 bridgehead atoms. The number of allylic oxidation sites excluding steroid dienone is 1. The number of hydrogen-bond acceptors (Lipinski definition) is 2. The van der Waals surface area contributed by atoms with E-state index in [9.17, 15) is 4.79 Å². The van der Waals surface area contributed by atoms with Crippen molar-refractivity contribution >= 4 is 11.0 Å². The molecule has 0 aliphatic rings. The Balaban J connectivity index is 2.61. The number of hydrogen-bond donors (Lipinski definition) is 0. The van der Waals surface area contributed by atoms with Crippen molar-refractivity contribution in [2.45, 2.75) is 6.42 Å². The molecular formula is C12H10O2. The Morgan fingerprint density at radius 3 is 2.93 bits per heavy atom. The Kier molecular flexibility index (Phi) is 2.19. The predicted octanol–water partition coefficient (Wildman–Crippen LogP) is 2.52. The predicted molar refractivity (Wildman–Crippen MR) is 56.4 cm³/mol. The van der Waals surface area contributed by atoms with Crippen LogP contribution in [0.4, 0.5) is 0 Å². The quantitative estimate of drug-likeness (QED) is 0.533. The molecule has 0 fully saturated rings. The minimum absolute atomic E-state index is 0.311. The smallest absolute Gasteiger partial charge is 0.336 e. The van der Waals surface area contributed by atoms with Crippen molar-refractivity contribution in [3.05, 3.63) is 59.0 Å². The van der Waals surface area contributed by atoms with Crippen LogP contribution in [0.2, 0.25) is 0 Å². The Labute approximate surface area is 81.5 Å². The van der Waals surface area contributed by atoms with Gasteiger partial charge in [-0.05, 0) is 30.2 Å². The molecule has 0 unspecified atom stereocenters. The van der Waals surface area contributed by atoms with Crippen molar-refractivity contribution in [1.82, 2.24) is 0 Å². The number of fused-ring (bicyclic) bond motifs is 1. The Morgan fingerprint density at radius 2 is 2.14 bits per heavy atom. The highest BCUT2D eigenvalue weighted by Gasteiger charge is 1.97. The van der Waals surface area contributed by atoms with Gasteiger partial charge in [0.2, 0.25) is 0 Å². The monoisotopic (exact) mass is 186 g/mol. The summed E-state index contributed by atoms with van der Waals surface area (Å²) < 4.78 is 5.01. The summed E-state index contributed by atoms with van der Waals surface area (Å²) >= 11 is 0. The molecule has 0 aliphatic carbocycles. The van der Waals surface area contributed by atoms with E-state index in [-0.39, 0.29) is 5.63 Å². The van der Waals surface area contributed by atoms with E-state index in [2.05, 4.69) is 6.58 Å². The first-order chi connectivity index (χ1) is 6.79. The molecule has 2 rings (SSSR count). The summed E-state index contributed by atoms with van der Waals surface area (Å²) in [5.74, 6) is 0. The van der Waals surface area contributed by atoms with E-state index in [1.165, 1.54) is 11.6 Å². The van der Waals surface area contributed by atoms with Crippen LogP contribution >= 0.6 is 0 Å². The van der Waals surface area contributed by atoms with Gasteiger partial charge in [-0.15, -0.1) is 6.58 Å². The molecule has 1 aromatic heterocycles. The summed E-state index contributed by atoms with van der Waals surface area (Å²) in [6.07, 6.45) is 2.68. The van der Waals surface area contributed by atoms with E-state index in [1.54, 1.807) is 6.07 Å². The van der Waals surface area contributed by atoms with Crippen LogP contribution in [0, 0.1) is 0 Å². The van der Waals surface area contributed by atoms with Gasteiger partial charge in [0, 0.05) is 11.5 Å². The third-order valence-electron chi connectivity index (χ3n) is 2.06. The van der Waals surface area contributed by atoms with Gasteiger partial charge in [-0.3, -0.25) is 0 Å². The largest absolute Gasteiger partial charge is 0.423 e. The molecule has 0 atom stereocenters. The second-order valence-corrected chi connectivity index (χ2v) is 3.12. The summed E-state index contributed by atoms with van der Waals surface area (Å²) in [6.45, 7) is 3.68. The van der Waals surface area contributed by atoms with Crippen LogP contribution in [-0.2, 0) is 6.42 Å². The molecule has 2 nitrogen and oxygen atoms in total. The van der Waals surface area contributed by atoms with Crippen molar-refractivity contribution < 1.29 is 4.42 Å². The SMILES string of the molecule is C=CCc1ccc2oc(=O)ccc2c1. The highest BCUT2D eigenvalue weighted by molar-refractivity contribution is 5.76. The van der Waals surface area contributed by atoms with Crippen molar-refractivity contribution in [3.8, 4) is 0 Å². The molecule has 0 aliphatic heterocycles. The molecule has 14 heavy (non-hydrogen) atoms. The number of benzene rings is 1. The molecular weight excluding hydrogens is 176 g/mol. The van der Waals surface area contributed by atoms with E-state index >= 15 is 0 Å². The molecule has 1 aromatic carbocycles. The van der Waals surface area contributed by atoms with E-state index in [0.717, 1.165) is 11.8 Å². The Morgan fingerprint density at radius 1 is 1.29 bits per heavy atom. The summed E-state index contributed by atoms with van der Waals surface area (Å²) in [5, 5.41) is 0.948. The lowest BCUT2D eigenvalue weighted by molar-refractivity contribution is 0.561. The van der Waals surface area contributed by atoms with Gasteiger partial charge in [-0.25, -0.2) is 4.79 Å². The molecule has 0 saturated carbocycles. The zero-order valence-electron chi connectivity index (χ0n) is 7.69. The summed E-state index contributed by atoms with van der Waals surface area (Å²) in [4.78, 5) is 10.9. The van der Waals surface area contributed by atoms with Gasteiger partial charge in [-0.1, -0.05) is 12.1 Å². The lowest BCUT2D eigenvalue weighted by Crippen LogP contribution is -1.94. The third kappa shape index (κ3) is 1.59. The van der Waals surface area contributed by atoms with E-state index in [4.69, 9.17) is 4.42 Å². The summed E-state index contributed by atoms with van der Waals surface area (Å²) in [5.41, 5.74) is 1.49. The van der Waals surface area contributed by atoms with Crippen LogP contribution in [0.5, 0.6) is 0 Å². The maximum atomic E-state index is 10.9. The van der Waals surface area contributed by atoms with Crippen LogP contribution < -0.4 is 5.63 Å². The fourth-order valence-electron chi connectivity index (χ4n) is 1.41. The third-order valence-corrected chi connectivity index (χ3v) is 2.06. The normalized spacial score (nSPS) is 10.3. The second-order valence-electron chi connectivity index (χ2n) is 3.12. The zero-order valence-corrected chi connectivity index (χ0v) is 7.69. The van der Waals surface area contributed by atoms with E-state index < -0.39 is 0 Å². The minimum atomic E-state index is -0.311. The summed E-state index contributed by atoms with van der Waals surface area (Å²) in [7, 11) is 0. The molecule has 0 amide bonds. The zero-order chi connectivity index (χ0) is 9.97. The summed E-state index contributed by atoms with van der Waals surface area (Å²) in [6, 6.07) is 8.95. The number of rotatable bonds is 2. The molecule has 1 heterocycles. The van der Waals surface area contributed by atoms with Gasteiger partial charge in [0.15, 0.2) is 0 Å². The van der Waals surface area contributed by atoms with Gasteiger partial charge in [-0.2, -0.15) is 0 Å². The van der Waals surface area contributed by atoms with Gasteiger partial charge >= 0.3 is 5.63 Å². The average molecular weight is 186 g/mol. The van der Waals surface area contributed by atoms with Crippen LogP contribution in [0.15, 0.2) is 52.2 Å². The van der Waals surface area contributed by atoms with Crippen molar-refractivity contribution in [2.24, 2.45) is 0 Å². The van der Waals surface area contributed by atoms with E-state index in [1.807, 2.05) is 24.3 Å². The maximum absolute atomic E-state index is 10.9. The highest BCUT2D eigenvalue weighted by Crippen LogP contribution is 2.14. The van der Waals surface area contributed by atoms with Crippen molar-refractivity contribution in [3.63, 3.8) is 0 Å². The van der Waals surface area contributed by atoms with Crippen molar-refractivity contribution in [1.29, 1.82) is 0 Å². The average Bonchev–Trinajstić information content (AvgIpc) is 2.19. The van der Waals surface area contributed by atoms with Gasteiger partial charge in [0.25, 0.3) is 0 Å². The first kappa shape index (κ1) is 8.75. The van der Waals surface area contributed by atoms with E-state index in [0.29, 0.717) is 5.58 Å². The minimum Gasteiger partial charge on any atom is -0.423 e. The fraction of sp³-hybridized carbons (Fsp3) is 0.0833. The fourth-order valence-corrected chi connectivity index (χ4v) is 1.41. The van der Waals surface area contributed by atoms with Crippen LogP contribution in [-0.4, -0.2) is 0 Å². The lowest BCUT2D eigenvalue weighted by atomic mass is 10.1. The van der Waals surface area contributed by atoms with Crippen LogP contribution in [0.1, 0.15) is 5.56 Å². The lowest BCUT2D eigenvalue weighted by Gasteiger charge is -1.98. The molecule has 0 saturated heterocycles. The molecule has 2 aromatic rings. The van der Waals surface area contributed by atoms with Crippen LogP contribution in [0.25, 0.3) is 11.0 Å². The maximum Gasteiger partial charge on any atom is 0.336 e. The first-order valence-corrected chi connectivity index (χ1v) is 4.43. The topological polar surface area (TPSA) is 30.2 Å². The molecule has 2 heteroatoms.